The standard InChI is InChI=1S/C18H23ClN4O/c19-16-3-1-14(2-4-16)13-15-6-10-23(11-7-15)12-9-20-18(24)17-5-8-21-22-17/h1-5,8,15H,6-7,9-13H2,(H,20,24)(H,21,22). The van der Waals surface area contributed by atoms with E-state index in [9.17, 15) is 4.79 Å². The number of aromatic nitrogens is 2. The van der Waals surface area contributed by atoms with Gasteiger partial charge in [-0.3, -0.25) is 9.89 Å². The van der Waals surface area contributed by atoms with E-state index in [0.29, 0.717) is 12.2 Å². The number of aromatic amines is 1. The molecule has 1 aliphatic heterocycles. The van der Waals surface area contributed by atoms with Crippen molar-refractivity contribution < 1.29 is 4.79 Å². The predicted octanol–water partition coefficient (Wildman–Crippen LogP) is 2.75. The first-order valence-electron chi connectivity index (χ1n) is 8.45. The molecule has 1 fully saturated rings. The van der Waals surface area contributed by atoms with Crippen LogP contribution in [0.3, 0.4) is 0 Å². The van der Waals surface area contributed by atoms with Gasteiger partial charge in [-0.25, -0.2) is 0 Å². The molecule has 2 N–H and O–H groups in total. The molecular weight excluding hydrogens is 324 g/mol. The molecule has 6 heteroatoms. The third-order valence-electron chi connectivity index (χ3n) is 4.60. The zero-order valence-corrected chi connectivity index (χ0v) is 14.4. The molecule has 24 heavy (non-hydrogen) atoms. The molecule has 0 aliphatic carbocycles. The molecule has 1 amide bonds. The van der Waals surface area contributed by atoms with E-state index in [1.807, 2.05) is 12.1 Å². The molecule has 2 aromatic rings. The summed E-state index contributed by atoms with van der Waals surface area (Å²) in [7, 11) is 0. The van der Waals surface area contributed by atoms with Crippen molar-refractivity contribution in [3.05, 3.63) is 52.8 Å². The first-order chi connectivity index (χ1) is 11.7. The maximum absolute atomic E-state index is 11.8. The van der Waals surface area contributed by atoms with Crippen LogP contribution in [0.15, 0.2) is 36.5 Å². The number of piperidine rings is 1. The van der Waals surface area contributed by atoms with E-state index in [-0.39, 0.29) is 5.91 Å². The number of likely N-dealkylation sites (tertiary alicyclic amines) is 1. The molecule has 1 aromatic heterocycles. The average molecular weight is 347 g/mol. The lowest BCUT2D eigenvalue weighted by Gasteiger charge is -2.32. The van der Waals surface area contributed by atoms with Gasteiger partial charge >= 0.3 is 0 Å². The van der Waals surface area contributed by atoms with Crippen LogP contribution >= 0.6 is 11.6 Å². The number of H-pyrrole nitrogens is 1. The number of halogens is 1. The second-order valence-electron chi connectivity index (χ2n) is 6.34. The molecule has 1 saturated heterocycles. The van der Waals surface area contributed by atoms with Gasteiger partial charge in [0.2, 0.25) is 0 Å². The number of amides is 1. The van der Waals surface area contributed by atoms with E-state index in [1.54, 1.807) is 12.3 Å². The Labute approximate surface area is 147 Å². The number of carbonyl (C=O) groups excluding carboxylic acids is 1. The highest BCUT2D eigenvalue weighted by molar-refractivity contribution is 6.30. The van der Waals surface area contributed by atoms with Gasteiger partial charge in [-0.15, -0.1) is 0 Å². The van der Waals surface area contributed by atoms with Gasteiger partial charge in [-0.1, -0.05) is 23.7 Å². The lowest BCUT2D eigenvalue weighted by molar-refractivity contribution is 0.0939. The third-order valence-corrected chi connectivity index (χ3v) is 4.86. The Balaban J connectivity index is 1.34. The summed E-state index contributed by atoms with van der Waals surface area (Å²) < 4.78 is 0. The van der Waals surface area contributed by atoms with Crippen LogP contribution in [-0.4, -0.2) is 47.2 Å². The second kappa shape index (κ2) is 8.31. The Kier molecular flexibility index (Phi) is 5.88. The van der Waals surface area contributed by atoms with Crippen LogP contribution in [0.1, 0.15) is 28.9 Å². The van der Waals surface area contributed by atoms with Gasteiger partial charge in [-0.2, -0.15) is 5.10 Å². The van der Waals surface area contributed by atoms with Gasteiger partial charge in [0, 0.05) is 24.3 Å². The van der Waals surface area contributed by atoms with Crippen molar-refractivity contribution in [2.24, 2.45) is 5.92 Å². The van der Waals surface area contributed by atoms with Crippen molar-refractivity contribution in [2.75, 3.05) is 26.2 Å². The summed E-state index contributed by atoms with van der Waals surface area (Å²) >= 11 is 5.93. The Hall–Kier alpha value is -1.85. The summed E-state index contributed by atoms with van der Waals surface area (Å²) in [4.78, 5) is 14.2. The van der Waals surface area contributed by atoms with Gasteiger partial charge in [0.15, 0.2) is 0 Å². The van der Waals surface area contributed by atoms with Gasteiger partial charge in [0.1, 0.15) is 5.69 Å². The summed E-state index contributed by atoms with van der Waals surface area (Å²) in [5, 5.41) is 10.2. The minimum atomic E-state index is -0.0925. The van der Waals surface area contributed by atoms with Gasteiger partial charge in [0.05, 0.1) is 0 Å². The van der Waals surface area contributed by atoms with Crippen LogP contribution in [-0.2, 0) is 6.42 Å². The van der Waals surface area contributed by atoms with E-state index in [0.717, 1.165) is 37.0 Å². The van der Waals surface area contributed by atoms with E-state index in [1.165, 1.54) is 18.4 Å². The van der Waals surface area contributed by atoms with Crippen molar-refractivity contribution >= 4 is 17.5 Å². The first kappa shape index (κ1) is 17.0. The maximum atomic E-state index is 11.8. The Morgan fingerprint density at radius 3 is 2.67 bits per heavy atom. The van der Waals surface area contributed by atoms with Crippen molar-refractivity contribution in [2.45, 2.75) is 19.3 Å². The molecule has 5 nitrogen and oxygen atoms in total. The first-order valence-corrected chi connectivity index (χ1v) is 8.83. The molecule has 0 radical (unpaired) electrons. The Morgan fingerprint density at radius 2 is 2.00 bits per heavy atom. The number of carbonyl (C=O) groups is 1. The summed E-state index contributed by atoms with van der Waals surface area (Å²) in [5.74, 6) is 0.645. The molecule has 0 spiro atoms. The van der Waals surface area contributed by atoms with E-state index >= 15 is 0 Å². The van der Waals surface area contributed by atoms with Crippen LogP contribution in [0.2, 0.25) is 5.02 Å². The average Bonchev–Trinajstić information content (AvgIpc) is 3.13. The van der Waals surface area contributed by atoms with Crippen LogP contribution in [0, 0.1) is 5.92 Å². The second-order valence-corrected chi connectivity index (χ2v) is 6.78. The molecule has 1 aromatic carbocycles. The van der Waals surface area contributed by atoms with Crippen LogP contribution < -0.4 is 5.32 Å². The van der Waals surface area contributed by atoms with Crippen molar-refractivity contribution in [1.82, 2.24) is 20.4 Å². The molecule has 3 rings (SSSR count). The Morgan fingerprint density at radius 1 is 1.25 bits per heavy atom. The number of hydrogen-bond acceptors (Lipinski definition) is 3. The number of nitrogens with zero attached hydrogens (tertiary/aromatic N) is 2. The number of rotatable bonds is 6. The molecule has 0 saturated carbocycles. The third kappa shape index (κ3) is 4.82. The van der Waals surface area contributed by atoms with Crippen LogP contribution in [0.4, 0.5) is 0 Å². The number of hydrogen-bond donors (Lipinski definition) is 2. The molecule has 0 unspecified atom stereocenters. The summed E-state index contributed by atoms with van der Waals surface area (Å²) in [6, 6.07) is 9.86. The predicted molar refractivity (Wildman–Crippen MR) is 95.2 cm³/mol. The molecule has 1 aliphatic rings. The highest BCUT2D eigenvalue weighted by Crippen LogP contribution is 2.22. The smallest absolute Gasteiger partial charge is 0.269 e. The summed E-state index contributed by atoms with van der Waals surface area (Å²) in [6.45, 7) is 3.75. The molecule has 0 bridgehead atoms. The fourth-order valence-electron chi connectivity index (χ4n) is 3.17. The Bertz CT molecular complexity index is 634. The van der Waals surface area contributed by atoms with E-state index in [4.69, 9.17) is 11.6 Å². The van der Waals surface area contributed by atoms with E-state index < -0.39 is 0 Å². The zero-order chi connectivity index (χ0) is 16.8. The zero-order valence-electron chi connectivity index (χ0n) is 13.7. The lowest BCUT2D eigenvalue weighted by Crippen LogP contribution is -2.40. The molecule has 0 atom stereocenters. The summed E-state index contributed by atoms with van der Waals surface area (Å²) in [5.41, 5.74) is 1.88. The van der Waals surface area contributed by atoms with E-state index in [2.05, 4.69) is 32.5 Å². The normalized spacial score (nSPS) is 16.2. The quantitative estimate of drug-likeness (QED) is 0.845. The monoisotopic (exact) mass is 346 g/mol. The van der Waals surface area contributed by atoms with Crippen LogP contribution in [0.25, 0.3) is 0 Å². The number of nitrogens with one attached hydrogen (secondary N) is 2. The maximum Gasteiger partial charge on any atom is 0.269 e. The fraction of sp³-hybridized carbons (Fsp3) is 0.444. The van der Waals surface area contributed by atoms with Gasteiger partial charge in [-0.05, 0) is 62.0 Å². The van der Waals surface area contributed by atoms with Crippen molar-refractivity contribution in [3.63, 3.8) is 0 Å². The number of benzene rings is 1. The SMILES string of the molecule is O=C(NCCN1CCC(Cc2ccc(Cl)cc2)CC1)c1ccn[nH]1. The van der Waals surface area contributed by atoms with Crippen molar-refractivity contribution in [3.8, 4) is 0 Å². The fourth-order valence-corrected chi connectivity index (χ4v) is 3.30. The molecular formula is C18H23ClN4O. The molecule has 128 valence electrons. The minimum absolute atomic E-state index is 0.0925. The van der Waals surface area contributed by atoms with Gasteiger partial charge < -0.3 is 10.2 Å². The largest absolute Gasteiger partial charge is 0.349 e. The highest BCUT2D eigenvalue weighted by atomic mass is 35.5. The van der Waals surface area contributed by atoms with Gasteiger partial charge in [0.25, 0.3) is 5.91 Å². The topological polar surface area (TPSA) is 61.0 Å². The molecule has 2 heterocycles. The highest BCUT2D eigenvalue weighted by Gasteiger charge is 2.19. The summed E-state index contributed by atoms with van der Waals surface area (Å²) in [6.07, 6.45) is 5.12. The lowest BCUT2D eigenvalue weighted by atomic mass is 9.90. The minimum Gasteiger partial charge on any atom is -0.349 e. The van der Waals surface area contributed by atoms with Crippen LogP contribution in [0.5, 0.6) is 0 Å². The van der Waals surface area contributed by atoms with Crippen molar-refractivity contribution in [1.29, 1.82) is 0 Å².